The lowest BCUT2D eigenvalue weighted by atomic mass is 10.2. The van der Waals surface area contributed by atoms with Crippen LogP contribution in [0.25, 0.3) is 0 Å². The van der Waals surface area contributed by atoms with Crippen molar-refractivity contribution in [1.29, 1.82) is 0 Å². The van der Waals surface area contributed by atoms with E-state index in [1.165, 1.54) is 18.3 Å². The molecule has 1 heterocycles. The van der Waals surface area contributed by atoms with Gasteiger partial charge in [-0.25, -0.2) is 4.98 Å². The summed E-state index contributed by atoms with van der Waals surface area (Å²) in [5, 5.41) is 14.7. The van der Waals surface area contributed by atoms with Crippen molar-refractivity contribution in [1.82, 2.24) is 4.98 Å². The Bertz CT molecular complexity index is 809. The van der Waals surface area contributed by atoms with Crippen LogP contribution in [0.2, 0.25) is 0 Å². The highest BCUT2D eigenvalue weighted by Crippen LogP contribution is 2.34. The minimum Gasteiger partial charge on any atom is -0.490 e. The SMILES string of the molecule is C=CCOc1c(I)cc(/C=N/Nc2ccc([N+](=O)[O-])cn2)cc1OCC. The second kappa shape index (κ2) is 9.70. The number of ether oxygens (including phenoxy) is 2. The zero-order valence-corrected chi connectivity index (χ0v) is 16.2. The highest BCUT2D eigenvalue weighted by atomic mass is 127. The predicted molar refractivity (Wildman–Crippen MR) is 108 cm³/mol. The highest BCUT2D eigenvalue weighted by molar-refractivity contribution is 14.1. The molecule has 0 aliphatic carbocycles. The minimum atomic E-state index is -0.507. The van der Waals surface area contributed by atoms with Crippen LogP contribution in [0.4, 0.5) is 11.5 Å². The summed E-state index contributed by atoms with van der Waals surface area (Å²) in [4.78, 5) is 14.0. The van der Waals surface area contributed by atoms with Crippen molar-refractivity contribution in [3.63, 3.8) is 0 Å². The lowest BCUT2D eigenvalue weighted by molar-refractivity contribution is -0.385. The van der Waals surface area contributed by atoms with Crippen LogP contribution in [0.15, 0.2) is 48.2 Å². The van der Waals surface area contributed by atoms with Gasteiger partial charge in [0.05, 0.1) is 21.3 Å². The first-order valence-corrected chi connectivity index (χ1v) is 8.72. The van der Waals surface area contributed by atoms with Gasteiger partial charge in [0.1, 0.15) is 18.6 Å². The molecule has 0 radical (unpaired) electrons. The molecule has 0 amide bonds. The van der Waals surface area contributed by atoms with Gasteiger partial charge in [-0.1, -0.05) is 12.7 Å². The summed E-state index contributed by atoms with van der Waals surface area (Å²) in [5.74, 6) is 1.68. The zero-order valence-electron chi connectivity index (χ0n) is 14.0. The first-order chi connectivity index (χ1) is 12.5. The molecule has 8 nitrogen and oxygen atoms in total. The van der Waals surface area contributed by atoms with Gasteiger partial charge >= 0.3 is 0 Å². The van der Waals surface area contributed by atoms with Gasteiger partial charge in [-0.05, 0) is 53.3 Å². The van der Waals surface area contributed by atoms with E-state index in [0.717, 1.165) is 9.13 Å². The molecule has 0 unspecified atom stereocenters. The Morgan fingerprint density at radius 1 is 1.42 bits per heavy atom. The van der Waals surface area contributed by atoms with Crippen LogP contribution < -0.4 is 14.9 Å². The number of aromatic nitrogens is 1. The molecule has 1 N–H and O–H groups in total. The number of pyridine rings is 1. The van der Waals surface area contributed by atoms with Crippen LogP contribution in [0, 0.1) is 13.7 Å². The molecule has 0 saturated carbocycles. The monoisotopic (exact) mass is 468 g/mol. The molecule has 0 atom stereocenters. The number of hydrogen-bond donors (Lipinski definition) is 1. The van der Waals surface area contributed by atoms with E-state index in [4.69, 9.17) is 9.47 Å². The van der Waals surface area contributed by atoms with E-state index >= 15 is 0 Å². The molecular weight excluding hydrogens is 451 g/mol. The normalized spacial score (nSPS) is 10.5. The first kappa shape index (κ1) is 19.6. The number of benzene rings is 1. The number of anilines is 1. The van der Waals surface area contributed by atoms with Gasteiger partial charge in [-0.2, -0.15) is 5.10 Å². The van der Waals surface area contributed by atoms with Crippen LogP contribution in [0.5, 0.6) is 11.5 Å². The molecule has 0 bridgehead atoms. The molecule has 0 aliphatic rings. The number of hydrazone groups is 1. The van der Waals surface area contributed by atoms with Gasteiger partial charge in [-0.3, -0.25) is 15.5 Å². The van der Waals surface area contributed by atoms with Crippen molar-refractivity contribution in [2.45, 2.75) is 6.92 Å². The van der Waals surface area contributed by atoms with E-state index in [2.05, 4.69) is 44.7 Å². The smallest absolute Gasteiger partial charge is 0.287 e. The maximum atomic E-state index is 10.6. The highest BCUT2D eigenvalue weighted by Gasteiger charge is 2.11. The second-order valence-corrected chi connectivity index (χ2v) is 6.05. The van der Waals surface area contributed by atoms with Crippen LogP contribution in [0.3, 0.4) is 0 Å². The molecule has 0 saturated heterocycles. The van der Waals surface area contributed by atoms with Crippen LogP contribution >= 0.6 is 22.6 Å². The van der Waals surface area contributed by atoms with Crippen LogP contribution in [0.1, 0.15) is 12.5 Å². The third-order valence-corrected chi connectivity index (χ3v) is 3.83. The van der Waals surface area contributed by atoms with Crippen molar-refractivity contribution < 1.29 is 14.4 Å². The molecule has 136 valence electrons. The summed E-state index contributed by atoms with van der Waals surface area (Å²) >= 11 is 2.17. The molecule has 2 aromatic rings. The Kier molecular flexibility index (Phi) is 7.33. The Morgan fingerprint density at radius 3 is 2.85 bits per heavy atom. The molecule has 9 heteroatoms. The lowest BCUT2D eigenvalue weighted by Gasteiger charge is -2.13. The fraction of sp³-hybridized carbons (Fsp3) is 0.176. The maximum Gasteiger partial charge on any atom is 0.287 e. The van der Waals surface area contributed by atoms with Crippen LogP contribution in [-0.2, 0) is 0 Å². The van der Waals surface area contributed by atoms with Crippen molar-refractivity contribution in [3.8, 4) is 11.5 Å². The van der Waals surface area contributed by atoms with Gasteiger partial charge in [0, 0.05) is 6.07 Å². The molecule has 1 aromatic heterocycles. The summed E-state index contributed by atoms with van der Waals surface area (Å²) < 4.78 is 12.2. The summed E-state index contributed by atoms with van der Waals surface area (Å²) in [6, 6.07) is 6.55. The zero-order chi connectivity index (χ0) is 18.9. The Balaban J connectivity index is 2.13. The van der Waals surface area contributed by atoms with Gasteiger partial charge < -0.3 is 9.47 Å². The summed E-state index contributed by atoms with van der Waals surface area (Å²) in [6.07, 6.45) is 4.44. The fourth-order valence-electron chi connectivity index (χ4n) is 1.94. The van der Waals surface area contributed by atoms with Gasteiger partial charge in [-0.15, -0.1) is 0 Å². The van der Waals surface area contributed by atoms with Crippen molar-refractivity contribution >= 4 is 40.3 Å². The van der Waals surface area contributed by atoms with E-state index in [9.17, 15) is 10.1 Å². The Labute approximate surface area is 164 Å². The number of halogens is 1. The molecule has 0 aliphatic heterocycles. The third-order valence-electron chi connectivity index (χ3n) is 3.03. The van der Waals surface area contributed by atoms with Crippen LogP contribution in [-0.4, -0.2) is 29.3 Å². The number of nitro groups is 1. The molecule has 0 spiro atoms. The van der Waals surface area contributed by atoms with Crippen molar-refractivity contribution in [2.75, 3.05) is 18.6 Å². The summed E-state index contributed by atoms with van der Waals surface area (Å²) in [6.45, 7) is 6.43. The van der Waals surface area contributed by atoms with Gasteiger partial charge in [0.2, 0.25) is 0 Å². The van der Waals surface area contributed by atoms with E-state index in [1.807, 2.05) is 19.1 Å². The average molecular weight is 468 g/mol. The van der Waals surface area contributed by atoms with Crippen molar-refractivity contribution in [3.05, 3.63) is 62.4 Å². The van der Waals surface area contributed by atoms with Gasteiger partial charge in [0.15, 0.2) is 11.5 Å². The van der Waals surface area contributed by atoms with E-state index in [1.54, 1.807) is 12.3 Å². The number of rotatable bonds is 9. The second-order valence-electron chi connectivity index (χ2n) is 4.89. The number of nitrogens with one attached hydrogen (secondary N) is 1. The topological polar surface area (TPSA) is 98.9 Å². The average Bonchev–Trinajstić information content (AvgIpc) is 2.62. The predicted octanol–water partition coefficient (Wildman–Crippen LogP) is 4.00. The third kappa shape index (κ3) is 5.41. The Morgan fingerprint density at radius 2 is 2.23 bits per heavy atom. The Hall–Kier alpha value is -2.69. The molecular formula is C17H17IN4O4. The van der Waals surface area contributed by atoms with E-state index < -0.39 is 4.92 Å². The molecule has 26 heavy (non-hydrogen) atoms. The summed E-state index contributed by atoms with van der Waals surface area (Å²) in [7, 11) is 0. The van der Waals surface area contributed by atoms with Gasteiger partial charge in [0.25, 0.3) is 5.69 Å². The minimum absolute atomic E-state index is 0.0782. The largest absolute Gasteiger partial charge is 0.490 e. The number of hydrogen-bond acceptors (Lipinski definition) is 7. The first-order valence-electron chi connectivity index (χ1n) is 7.64. The molecule has 1 aromatic carbocycles. The lowest BCUT2D eigenvalue weighted by Crippen LogP contribution is -2.02. The molecule has 2 rings (SSSR count). The van der Waals surface area contributed by atoms with E-state index in [0.29, 0.717) is 30.5 Å². The quantitative estimate of drug-likeness (QED) is 0.196. The summed E-state index contributed by atoms with van der Waals surface area (Å²) in [5.41, 5.74) is 3.45. The standard InChI is InChI=1S/C17H17IN4O4/c1-3-7-26-17-14(18)8-12(9-15(17)25-4-2)10-20-21-16-6-5-13(11-19-16)22(23)24/h3,5-6,8-11H,1,4,7H2,2H3,(H,19,21)/b20-10+. The van der Waals surface area contributed by atoms with E-state index in [-0.39, 0.29) is 5.69 Å². The number of nitrogens with zero attached hydrogens (tertiary/aromatic N) is 3. The van der Waals surface area contributed by atoms with Crippen molar-refractivity contribution in [2.24, 2.45) is 5.10 Å². The fourth-order valence-corrected chi connectivity index (χ4v) is 2.72. The maximum absolute atomic E-state index is 10.6. The molecule has 0 fully saturated rings.